The first-order valence-electron chi connectivity index (χ1n) is 11.8. The van der Waals surface area contributed by atoms with Crippen LogP contribution in [-0.2, 0) is 10.4 Å². The minimum atomic E-state index is -0.861. The van der Waals surface area contributed by atoms with E-state index in [1.165, 1.54) is 5.57 Å². The van der Waals surface area contributed by atoms with Crippen LogP contribution in [0.1, 0.15) is 77.3 Å². The molecule has 1 saturated heterocycles. The highest BCUT2D eigenvalue weighted by Crippen LogP contribution is 2.46. The first kappa shape index (κ1) is 23.8. The fourth-order valence-electron chi connectivity index (χ4n) is 5.12. The van der Waals surface area contributed by atoms with Crippen molar-refractivity contribution in [2.24, 2.45) is 10.4 Å². The largest absolute Gasteiger partial charge is 0.385 e. The molecule has 3 aliphatic rings. The molecule has 2 aliphatic heterocycles. The first-order chi connectivity index (χ1) is 15.6. The Morgan fingerprint density at radius 1 is 1.24 bits per heavy atom. The number of nitrogens with zero attached hydrogens (tertiary/aromatic N) is 2. The van der Waals surface area contributed by atoms with Gasteiger partial charge in [0.1, 0.15) is 0 Å². The Bertz CT molecular complexity index is 1080. The van der Waals surface area contributed by atoms with Gasteiger partial charge >= 0.3 is 0 Å². The number of benzene rings is 1. The molecule has 2 unspecified atom stereocenters. The lowest BCUT2D eigenvalue weighted by atomic mass is 9.76. The number of nitrogens with one attached hydrogen (secondary N) is 1. The van der Waals surface area contributed by atoms with Crippen LogP contribution in [0.5, 0.6) is 0 Å². The van der Waals surface area contributed by atoms with Gasteiger partial charge in [-0.2, -0.15) is 11.8 Å². The summed E-state index contributed by atoms with van der Waals surface area (Å²) in [4.78, 5) is 20.4. The van der Waals surface area contributed by atoms with Gasteiger partial charge in [0.05, 0.1) is 5.60 Å². The normalized spacial score (nSPS) is 28.9. The third kappa shape index (κ3) is 5.26. The van der Waals surface area contributed by atoms with Gasteiger partial charge in [-0.25, -0.2) is 0 Å². The number of aliphatic imine (C=N–C) groups is 1. The SMILES string of the molecule is [C-]#[N+]C1=CCC(C(=O)Nc2ccc(C3(O)CC(C)SC(C)C3)cc2C2=CCC(C)(C)CC2)=N1. The van der Waals surface area contributed by atoms with E-state index in [4.69, 9.17) is 6.57 Å². The molecule has 0 spiro atoms. The van der Waals surface area contributed by atoms with Gasteiger partial charge in [-0.05, 0) is 60.8 Å². The number of hydrogen-bond acceptors (Lipinski definition) is 4. The molecule has 2 N–H and O–H groups in total. The van der Waals surface area contributed by atoms with Gasteiger partial charge in [-0.1, -0.05) is 52.5 Å². The average Bonchev–Trinajstić information content (AvgIpc) is 3.23. The van der Waals surface area contributed by atoms with E-state index >= 15 is 0 Å². The van der Waals surface area contributed by atoms with Crippen LogP contribution in [0.4, 0.5) is 5.69 Å². The molecule has 4 rings (SSSR count). The van der Waals surface area contributed by atoms with Crippen molar-refractivity contribution in [1.29, 1.82) is 0 Å². The van der Waals surface area contributed by atoms with E-state index in [-0.39, 0.29) is 17.1 Å². The zero-order chi connectivity index (χ0) is 23.8. The lowest BCUT2D eigenvalue weighted by Gasteiger charge is -2.39. The molecular formula is C27H33N3O2S. The number of thioether (sulfide) groups is 1. The molecule has 1 aliphatic carbocycles. The third-order valence-corrected chi connectivity index (χ3v) is 8.20. The van der Waals surface area contributed by atoms with Crippen LogP contribution in [0, 0.1) is 12.0 Å². The van der Waals surface area contributed by atoms with Crippen molar-refractivity contribution in [1.82, 2.24) is 0 Å². The zero-order valence-corrected chi connectivity index (χ0v) is 20.8. The summed E-state index contributed by atoms with van der Waals surface area (Å²) in [6, 6.07) is 5.98. The molecule has 1 aromatic rings. The molecular weight excluding hydrogens is 430 g/mol. The molecule has 2 atom stereocenters. The summed E-state index contributed by atoms with van der Waals surface area (Å²) in [5, 5.41) is 15.4. The Hall–Kier alpha value is -2.36. The molecule has 6 heteroatoms. The Labute approximate surface area is 201 Å². The molecule has 33 heavy (non-hydrogen) atoms. The number of carbonyl (C=O) groups excluding carboxylic acids is 1. The number of allylic oxidation sites excluding steroid dienone is 3. The van der Waals surface area contributed by atoms with Crippen molar-refractivity contribution in [3.05, 3.63) is 58.7 Å². The van der Waals surface area contributed by atoms with Gasteiger partial charge in [0.15, 0.2) is 5.71 Å². The predicted molar refractivity (Wildman–Crippen MR) is 137 cm³/mol. The fraction of sp³-hybridized carbons (Fsp3) is 0.519. The molecule has 0 bridgehead atoms. The highest BCUT2D eigenvalue weighted by molar-refractivity contribution is 8.00. The standard InChI is InChI=1S/C27H33N3O2S/c1-17-15-27(32,16-18(2)33-17)20-6-7-22(30-25(31)23-8-9-24(28-5)29-23)21(14-20)19-10-12-26(3,4)13-11-19/h6-7,9-10,14,17-18,32H,8,11-13,15-16H2,1-4H3,(H,30,31). The van der Waals surface area contributed by atoms with Crippen molar-refractivity contribution >= 4 is 34.6 Å². The predicted octanol–water partition coefficient (Wildman–Crippen LogP) is 6.32. The lowest BCUT2D eigenvalue weighted by molar-refractivity contribution is -0.110. The summed E-state index contributed by atoms with van der Waals surface area (Å²) < 4.78 is 0. The van der Waals surface area contributed by atoms with Crippen molar-refractivity contribution in [2.45, 2.75) is 82.3 Å². The summed E-state index contributed by atoms with van der Waals surface area (Å²) in [5.74, 6) is -0.000709. The van der Waals surface area contributed by atoms with Gasteiger partial charge in [0, 0.05) is 28.2 Å². The van der Waals surface area contributed by atoms with E-state index in [2.05, 4.69) is 55.0 Å². The highest BCUT2D eigenvalue weighted by atomic mass is 32.2. The lowest BCUT2D eigenvalue weighted by Crippen LogP contribution is -2.36. The van der Waals surface area contributed by atoms with Crippen molar-refractivity contribution < 1.29 is 9.90 Å². The second kappa shape index (κ2) is 9.12. The second-order valence-electron chi connectivity index (χ2n) is 10.4. The van der Waals surface area contributed by atoms with Gasteiger partial charge in [-0.3, -0.25) is 4.79 Å². The Morgan fingerprint density at radius 3 is 2.58 bits per heavy atom. The van der Waals surface area contributed by atoms with Crippen LogP contribution < -0.4 is 5.32 Å². The minimum Gasteiger partial charge on any atom is -0.385 e. The minimum absolute atomic E-state index is 0.272. The summed E-state index contributed by atoms with van der Waals surface area (Å²) >= 11 is 1.93. The molecule has 0 saturated carbocycles. The molecule has 2 heterocycles. The van der Waals surface area contributed by atoms with E-state index in [1.807, 2.05) is 23.9 Å². The summed E-state index contributed by atoms with van der Waals surface area (Å²) in [7, 11) is 0. The van der Waals surface area contributed by atoms with E-state index in [1.54, 1.807) is 6.08 Å². The quantitative estimate of drug-likeness (QED) is 0.514. The van der Waals surface area contributed by atoms with Crippen molar-refractivity contribution in [3.8, 4) is 0 Å². The maximum Gasteiger partial charge on any atom is 0.293 e. The van der Waals surface area contributed by atoms with Crippen molar-refractivity contribution in [2.75, 3.05) is 5.32 Å². The van der Waals surface area contributed by atoms with Crippen LogP contribution >= 0.6 is 11.8 Å². The number of aliphatic hydroxyl groups is 1. The van der Waals surface area contributed by atoms with E-state index in [9.17, 15) is 9.90 Å². The van der Waals surface area contributed by atoms with E-state index < -0.39 is 5.60 Å². The van der Waals surface area contributed by atoms with Crippen LogP contribution in [0.15, 0.2) is 41.2 Å². The number of anilines is 1. The summed E-state index contributed by atoms with van der Waals surface area (Å²) in [6.07, 6.45) is 8.79. The Balaban J connectivity index is 1.69. The fourth-order valence-corrected chi connectivity index (χ4v) is 6.66. The number of rotatable bonds is 4. The molecule has 1 fully saturated rings. The van der Waals surface area contributed by atoms with Crippen LogP contribution in [0.2, 0.25) is 0 Å². The Morgan fingerprint density at radius 2 is 1.97 bits per heavy atom. The van der Waals surface area contributed by atoms with Crippen LogP contribution in [0.25, 0.3) is 10.4 Å². The summed E-state index contributed by atoms with van der Waals surface area (Å²) in [6.45, 7) is 16.0. The maximum absolute atomic E-state index is 12.9. The smallest absolute Gasteiger partial charge is 0.293 e. The third-order valence-electron chi connectivity index (χ3n) is 6.94. The molecule has 174 valence electrons. The molecule has 0 radical (unpaired) electrons. The number of amides is 1. The van der Waals surface area contributed by atoms with Crippen LogP contribution in [-0.4, -0.2) is 27.2 Å². The van der Waals surface area contributed by atoms with Gasteiger partial charge in [0.25, 0.3) is 11.7 Å². The van der Waals surface area contributed by atoms with E-state index in [0.29, 0.717) is 22.6 Å². The summed E-state index contributed by atoms with van der Waals surface area (Å²) in [5.41, 5.74) is 3.64. The molecule has 0 aromatic heterocycles. The van der Waals surface area contributed by atoms with Gasteiger partial charge in [0.2, 0.25) is 0 Å². The Kier molecular flexibility index (Phi) is 6.57. The zero-order valence-electron chi connectivity index (χ0n) is 19.9. The molecule has 1 amide bonds. The van der Waals surface area contributed by atoms with Gasteiger partial charge < -0.3 is 15.3 Å². The van der Waals surface area contributed by atoms with Gasteiger partial charge in [-0.15, -0.1) is 4.99 Å². The highest BCUT2D eigenvalue weighted by Gasteiger charge is 2.38. The number of carbonyl (C=O) groups is 1. The van der Waals surface area contributed by atoms with Crippen LogP contribution in [0.3, 0.4) is 0 Å². The molecule has 5 nitrogen and oxygen atoms in total. The van der Waals surface area contributed by atoms with Crippen molar-refractivity contribution in [3.63, 3.8) is 0 Å². The monoisotopic (exact) mass is 463 g/mol. The topological polar surface area (TPSA) is 66.0 Å². The first-order valence-corrected chi connectivity index (χ1v) is 12.7. The number of hydrogen-bond donors (Lipinski definition) is 2. The maximum atomic E-state index is 12.9. The van der Waals surface area contributed by atoms with E-state index in [0.717, 1.165) is 48.9 Å². The second-order valence-corrected chi connectivity index (χ2v) is 12.3. The average molecular weight is 464 g/mol. The molecule has 1 aromatic carbocycles.